The van der Waals surface area contributed by atoms with Gasteiger partial charge in [0, 0.05) is 43.4 Å². The Hall–Kier alpha value is -4.18. The standard InChI is InChI=1S/C34H38N2O8/c1-7-19-17-36-24-15-21(19)34(32(39)43-6)27(36)16-33(22-14-20(37)9-10-23(22)35(2)30(24)33)31(34)44-28(38)11-8-18-12-25(40-3)29(42-5)26(13-18)41-4/h7-14,21,24,27,30-31,37H,15-17H2,1-6H3/b11-8+,19-7-/t21-,24-,27-,30+,31-,33?,34?/m0/s1. The Morgan fingerprint density at radius 2 is 1.77 bits per heavy atom. The van der Waals surface area contributed by atoms with Gasteiger partial charge in [-0.15, -0.1) is 0 Å². The minimum atomic E-state index is -1.09. The summed E-state index contributed by atoms with van der Waals surface area (Å²) < 4.78 is 28.6. The molecule has 1 N–H and O–H groups in total. The molecule has 1 aliphatic carbocycles. The van der Waals surface area contributed by atoms with E-state index in [1.54, 1.807) is 30.3 Å². The zero-order chi connectivity index (χ0) is 31.1. The third kappa shape index (κ3) is 3.40. The van der Waals surface area contributed by atoms with E-state index < -0.39 is 22.9 Å². The van der Waals surface area contributed by atoms with Crippen LogP contribution in [-0.4, -0.2) is 88.2 Å². The van der Waals surface area contributed by atoms with Crippen molar-refractivity contribution in [2.45, 2.75) is 49.4 Å². The Bertz CT molecular complexity index is 1590. The van der Waals surface area contributed by atoms with Gasteiger partial charge in [-0.25, -0.2) is 4.79 Å². The summed E-state index contributed by atoms with van der Waals surface area (Å²) in [6.07, 6.45) is 5.68. The first kappa shape index (κ1) is 28.6. The topological polar surface area (TPSA) is 107 Å². The average Bonchev–Trinajstić information content (AvgIpc) is 3.42. The number of carbonyl (C=O) groups excluding carboxylic acids is 2. The van der Waals surface area contributed by atoms with E-state index in [2.05, 4.69) is 22.9 Å². The Morgan fingerprint density at radius 3 is 2.41 bits per heavy atom. The van der Waals surface area contributed by atoms with Gasteiger partial charge in [0.2, 0.25) is 5.75 Å². The van der Waals surface area contributed by atoms with E-state index in [-0.39, 0.29) is 35.8 Å². The maximum Gasteiger partial charge on any atom is 0.331 e. The van der Waals surface area contributed by atoms with Crippen molar-refractivity contribution >= 4 is 23.7 Å². The molecule has 3 unspecified atom stereocenters. The predicted molar refractivity (Wildman–Crippen MR) is 162 cm³/mol. The number of aromatic hydroxyl groups is 1. The van der Waals surface area contributed by atoms with Crippen molar-refractivity contribution in [3.8, 4) is 23.0 Å². The molecule has 5 fully saturated rings. The van der Waals surface area contributed by atoms with Gasteiger partial charge in [0.1, 0.15) is 17.3 Å². The van der Waals surface area contributed by atoms with Crippen LogP contribution in [-0.2, 0) is 24.5 Å². The zero-order valence-corrected chi connectivity index (χ0v) is 25.8. The van der Waals surface area contributed by atoms with Crippen LogP contribution in [0.5, 0.6) is 23.0 Å². The number of likely N-dealkylation sites (N-methyl/N-ethyl adjacent to an activating group) is 1. The molecule has 8 rings (SSSR count). The lowest BCUT2D eigenvalue weighted by molar-refractivity contribution is -0.186. The molecule has 5 heterocycles. The molecule has 2 aromatic carbocycles. The van der Waals surface area contributed by atoms with Gasteiger partial charge < -0.3 is 33.7 Å². The fourth-order valence-corrected chi connectivity index (χ4v) is 9.69. The number of hydrogen-bond donors (Lipinski definition) is 1. The molecule has 10 nitrogen and oxygen atoms in total. The van der Waals surface area contributed by atoms with Crippen molar-refractivity contribution in [3.63, 3.8) is 0 Å². The highest BCUT2D eigenvalue weighted by Crippen LogP contribution is 2.73. The first-order valence-electron chi connectivity index (χ1n) is 14.9. The van der Waals surface area contributed by atoms with E-state index in [4.69, 9.17) is 23.7 Å². The number of esters is 2. The van der Waals surface area contributed by atoms with Crippen LogP contribution in [0.3, 0.4) is 0 Å². The summed E-state index contributed by atoms with van der Waals surface area (Å²) >= 11 is 0. The highest BCUT2D eigenvalue weighted by Gasteiger charge is 2.84. The van der Waals surface area contributed by atoms with Gasteiger partial charge in [-0.1, -0.05) is 11.6 Å². The highest BCUT2D eigenvalue weighted by atomic mass is 16.6. The van der Waals surface area contributed by atoms with Gasteiger partial charge >= 0.3 is 11.9 Å². The van der Waals surface area contributed by atoms with Crippen LogP contribution in [0.2, 0.25) is 0 Å². The quantitative estimate of drug-likeness (QED) is 0.287. The minimum Gasteiger partial charge on any atom is -0.508 e. The lowest BCUT2D eigenvalue weighted by Crippen LogP contribution is -2.71. The maximum absolute atomic E-state index is 14.2. The second-order valence-electron chi connectivity index (χ2n) is 12.4. The fraction of sp³-hybridized carbons (Fsp3) is 0.471. The summed E-state index contributed by atoms with van der Waals surface area (Å²) in [5.41, 5.74) is 1.92. The number of hydrogen-bond acceptors (Lipinski definition) is 10. The summed E-state index contributed by atoms with van der Waals surface area (Å²) in [6, 6.07) is 8.83. The number of ether oxygens (including phenoxy) is 5. The molecular weight excluding hydrogens is 564 g/mol. The maximum atomic E-state index is 14.2. The van der Waals surface area contributed by atoms with Crippen LogP contribution in [0, 0.1) is 11.3 Å². The van der Waals surface area contributed by atoms with Gasteiger partial charge in [-0.3, -0.25) is 9.69 Å². The molecule has 1 saturated carbocycles. The van der Waals surface area contributed by atoms with Crippen LogP contribution >= 0.6 is 0 Å². The summed E-state index contributed by atoms with van der Waals surface area (Å²) in [5.74, 6) is 0.465. The Morgan fingerprint density at radius 1 is 1.05 bits per heavy atom. The lowest BCUT2D eigenvalue weighted by atomic mass is 9.58. The molecular formula is C34H38N2O8. The molecule has 0 amide bonds. The van der Waals surface area contributed by atoms with Crippen LogP contribution in [0.4, 0.5) is 5.69 Å². The summed E-state index contributed by atoms with van der Waals surface area (Å²) in [4.78, 5) is 32.8. The van der Waals surface area contributed by atoms with Crippen molar-refractivity contribution in [1.82, 2.24) is 4.90 Å². The van der Waals surface area contributed by atoms with E-state index in [9.17, 15) is 14.7 Å². The molecule has 5 aliphatic heterocycles. The van der Waals surface area contributed by atoms with E-state index in [1.165, 1.54) is 40.1 Å². The van der Waals surface area contributed by atoms with Gasteiger partial charge in [-0.05, 0) is 67.3 Å². The number of phenols is 1. The number of fused-ring (bicyclic) bond motifs is 2. The number of allylic oxidation sites excluding steroid dienone is 1. The van der Waals surface area contributed by atoms with Crippen molar-refractivity contribution in [2.24, 2.45) is 11.3 Å². The van der Waals surface area contributed by atoms with Crippen molar-refractivity contribution in [2.75, 3.05) is 46.9 Å². The smallest absolute Gasteiger partial charge is 0.331 e. The number of carbonyl (C=O) groups is 2. The predicted octanol–water partition coefficient (Wildman–Crippen LogP) is 3.70. The van der Waals surface area contributed by atoms with Gasteiger partial charge in [-0.2, -0.15) is 0 Å². The Kier molecular flexibility index (Phi) is 6.44. The fourth-order valence-electron chi connectivity index (χ4n) is 9.69. The van der Waals surface area contributed by atoms with E-state index in [0.29, 0.717) is 29.2 Å². The van der Waals surface area contributed by atoms with Gasteiger partial charge in [0.25, 0.3) is 0 Å². The summed E-state index contributed by atoms with van der Waals surface area (Å²) in [7, 11) is 8.09. The van der Waals surface area contributed by atoms with Gasteiger partial charge in [0.15, 0.2) is 11.5 Å². The number of anilines is 1. The molecule has 6 aliphatic rings. The summed E-state index contributed by atoms with van der Waals surface area (Å²) in [5, 5.41) is 10.7. The molecule has 44 heavy (non-hydrogen) atoms. The second-order valence-corrected chi connectivity index (χ2v) is 12.4. The first-order valence-corrected chi connectivity index (χ1v) is 14.9. The van der Waals surface area contributed by atoms with Crippen LogP contribution < -0.4 is 19.1 Å². The number of benzene rings is 2. The SMILES string of the molecule is C/C=C1/CN2[C@H]3CC45c6cc(O)ccc6N(C)[C@@H]4[C@@H]2C[C@@H]1C3(C(=O)OC)[C@H]5OC(=O)/C=C/c1cc(OC)c(OC)c(OC)c1. The number of piperidine rings is 4. The average molecular weight is 603 g/mol. The van der Waals surface area contributed by atoms with E-state index in [1.807, 2.05) is 13.0 Å². The molecule has 0 radical (unpaired) electrons. The second kappa shape index (κ2) is 9.92. The molecule has 1 spiro atoms. The lowest BCUT2D eigenvalue weighted by Gasteiger charge is -2.61. The van der Waals surface area contributed by atoms with Crippen LogP contribution in [0.25, 0.3) is 6.08 Å². The Labute approximate surface area is 256 Å². The number of methoxy groups -OCH3 is 4. The largest absolute Gasteiger partial charge is 0.508 e. The highest BCUT2D eigenvalue weighted by molar-refractivity contribution is 5.90. The first-order chi connectivity index (χ1) is 21.2. The van der Waals surface area contributed by atoms with E-state index in [0.717, 1.165) is 24.2 Å². The number of rotatable bonds is 7. The molecule has 2 aromatic rings. The van der Waals surface area contributed by atoms with Crippen LogP contribution in [0.1, 0.15) is 30.9 Å². The molecule has 10 heteroatoms. The Balaban J connectivity index is 1.36. The minimum absolute atomic E-state index is 0.0534. The van der Waals surface area contributed by atoms with Crippen LogP contribution in [0.15, 0.2) is 48.1 Å². The summed E-state index contributed by atoms with van der Waals surface area (Å²) in [6.45, 7) is 2.79. The third-order valence-electron chi connectivity index (χ3n) is 11.1. The van der Waals surface area contributed by atoms with E-state index >= 15 is 0 Å². The zero-order valence-electron chi connectivity index (χ0n) is 25.8. The van der Waals surface area contributed by atoms with Gasteiger partial charge in [0.05, 0.1) is 39.9 Å². The third-order valence-corrected chi connectivity index (χ3v) is 11.1. The number of nitrogens with zero attached hydrogens (tertiary/aromatic N) is 2. The molecule has 6 bridgehead atoms. The van der Waals surface area contributed by atoms with Crippen molar-refractivity contribution in [1.29, 1.82) is 0 Å². The molecule has 8 atom stereocenters. The van der Waals surface area contributed by atoms with Crippen molar-refractivity contribution in [3.05, 3.63) is 59.2 Å². The number of phenolic OH excluding ortho intramolecular Hbond substituents is 1. The molecule has 0 aromatic heterocycles. The van der Waals surface area contributed by atoms with Crippen molar-refractivity contribution < 1.29 is 38.4 Å². The normalized spacial score (nSPS) is 34.7. The molecule has 232 valence electrons. The molecule has 4 saturated heterocycles. The monoisotopic (exact) mass is 602 g/mol.